The lowest BCUT2D eigenvalue weighted by molar-refractivity contribution is 0.426. The zero-order valence-corrected chi connectivity index (χ0v) is 8.76. The van der Waals surface area contributed by atoms with Crippen LogP contribution in [-0.4, -0.2) is 25.3 Å². The highest BCUT2D eigenvalue weighted by atomic mass is 19.2. The van der Waals surface area contributed by atoms with Gasteiger partial charge in [-0.25, -0.2) is 13.8 Å². The number of H-pyrrole nitrogens is 1. The number of aromatic nitrogens is 5. The SMILES string of the molecule is Fc1cccc(-c2nc(-c3ncn[nH]3)no2)c1F. The second kappa shape index (κ2) is 3.99. The maximum absolute atomic E-state index is 13.5. The molecule has 6 nitrogen and oxygen atoms in total. The van der Waals surface area contributed by atoms with Crippen molar-refractivity contribution in [2.75, 3.05) is 0 Å². The first-order valence-corrected chi connectivity index (χ1v) is 4.89. The van der Waals surface area contributed by atoms with Crippen molar-refractivity contribution in [3.63, 3.8) is 0 Å². The molecule has 3 aromatic rings. The standard InChI is InChI=1S/C10H5F2N5O/c11-6-3-1-2-5(7(6)12)10-15-9(17-18-10)8-13-4-14-16-8/h1-4H,(H,13,14,16). The molecule has 0 radical (unpaired) electrons. The number of nitrogens with zero attached hydrogens (tertiary/aromatic N) is 4. The molecule has 0 saturated heterocycles. The Hall–Kier alpha value is -2.64. The van der Waals surface area contributed by atoms with E-state index in [9.17, 15) is 8.78 Å². The van der Waals surface area contributed by atoms with Crippen molar-refractivity contribution >= 4 is 0 Å². The van der Waals surface area contributed by atoms with E-state index in [1.165, 1.54) is 18.5 Å². The van der Waals surface area contributed by atoms with Gasteiger partial charge in [0.15, 0.2) is 17.5 Å². The van der Waals surface area contributed by atoms with Crippen LogP contribution < -0.4 is 0 Å². The molecule has 18 heavy (non-hydrogen) atoms. The second-order valence-corrected chi connectivity index (χ2v) is 3.36. The largest absolute Gasteiger partial charge is 0.333 e. The fourth-order valence-corrected chi connectivity index (χ4v) is 1.41. The summed E-state index contributed by atoms with van der Waals surface area (Å²) in [6.07, 6.45) is 1.27. The number of nitrogens with one attached hydrogen (secondary N) is 1. The molecule has 2 heterocycles. The Bertz CT molecular complexity index is 679. The van der Waals surface area contributed by atoms with Gasteiger partial charge in [0.1, 0.15) is 6.33 Å². The predicted octanol–water partition coefficient (Wildman–Crippen LogP) is 1.80. The number of halogens is 2. The van der Waals surface area contributed by atoms with Crippen LogP contribution in [0.4, 0.5) is 8.78 Å². The summed E-state index contributed by atoms with van der Waals surface area (Å²) in [5.74, 6) is -1.75. The average Bonchev–Trinajstić information content (AvgIpc) is 3.01. The third kappa shape index (κ3) is 1.63. The van der Waals surface area contributed by atoms with Gasteiger partial charge in [-0.3, -0.25) is 5.10 Å². The minimum Gasteiger partial charge on any atom is -0.333 e. The second-order valence-electron chi connectivity index (χ2n) is 3.36. The van der Waals surface area contributed by atoms with Gasteiger partial charge in [-0.15, -0.1) is 0 Å². The Balaban J connectivity index is 2.06. The van der Waals surface area contributed by atoms with Crippen LogP contribution in [0.15, 0.2) is 29.0 Å². The molecule has 2 aromatic heterocycles. The van der Waals surface area contributed by atoms with Gasteiger partial charge < -0.3 is 4.52 Å². The normalized spacial score (nSPS) is 10.8. The number of rotatable bonds is 2. The smallest absolute Gasteiger partial charge is 0.261 e. The van der Waals surface area contributed by atoms with E-state index in [4.69, 9.17) is 4.52 Å². The summed E-state index contributed by atoms with van der Waals surface area (Å²) in [6.45, 7) is 0. The fraction of sp³-hybridized carbons (Fsp3) is 0. The third-order valence-corrected chi connectivity index (χ3v) is 2.23. The molecular formula is C10H5F2N5O. The van der Waals surface area contributed by atoms with Crippen LogP contribution in [0.2, 0.25) is 0 Å². The van der Waals surface area contributed by atoms with Gasteiger partial charge >= 0.3 is 0 Å². The summed E-state index contributed by atoms with van der Waals surface area (Å²) >= 11 is 0. The summed E-state index contributed by atoms with van der Waals surface area (Å²) < 4.78 is 31.4. The number of aromatic amines is 1. The van der Waals surface area contributed by atoms with Crippen molar-refractivity contribution < 1.29 is 13.3 Å². The molecule has 8 heteroatoms. The van der Waals surface area contributed by atoms with Crippen LogP contribution in [0.5, 0.6) is 0 Å². The number of hydrogen-bond acceptors (Lipinski definition) is 5. The molecule has 1 N–H and O–H groups in total. The highest BCUT2D eigenvalue weighted by Gasteiger charge is 2.17. The molecule has 0 bridgehead atoms. The molecule has 0 unspecified atom stereocenters. The lowest BCUT2D eigenvalue weighted by atomic mass is 10.2. The molecule has 0 saturated carbocycles. The van der Waals surface area contributed by atoms with E-state index < -0.39 is 11.6 Å². The molecule has 0 spiro atoms. The van der Waals surface area contributed by atoms with Crippen LogP contribution in [0.3, 0.4) is 0 Å². The molecule has 0 amide bonds. The Morgan fingerprint density at radius 2 is 2.11 bits per heavy atom. The van der Waals surface area contributed by atoms with Crippen LogP contribution in [0, 0.1) is 11.6 Å². The van der Waals surface area contributed by atoms with Crippen molar-refractivity contribution in [1.82, 2.24) is 25.3 Å². The first kappa shape index (κ1) is 10.5. The number of hydrogen-bond donors (Lipinski definition) is 1. The summed E-state index contributed by atoms with van der Waals surface area (Å²) in [5.41, 5.74) is -0.103. The van der Waals surface area contributed by atoms with Crippen molar-refractivity contribution in [3.8, 4) is 23.1 Å². The number of benzene rings is 1. The van der Waals surface area contributed by atoms with Crippen LogP contribution in [-0.2, 0) is 0 Å². The maximum Gasteiger partial charge on any atom is 0.261 e. The van der Waals surface area contributed by atoms with E-state index in [1.807, 2.05) is 0 Å². The molecular weight excluding hydrogens is 244 g/mol. The van der Waals surface area contributed by atoms with Crippen LogP contribution in [0.1, 0.15) is 0 Å². The van der Waals surface area contributed by atoms with E-state index in [2.05, 4.69) is 25.3 Å². The predicted molar refractivity (Wildman–Crippen MR) is 55.0 cm³/mol. The van der Waals surface area contributed by atoms with Gasteiger partial charge in [-0.2, -0.15) is 10.1 Å². The van der Waals surface area contributed by atoms with Gasteiger partial charge in [0, 0.05) is 0 Å². The Kier molecular flexibility index (Phi) is 2.33. The summed E-state index contributed by atoms with van der Waals surface area (Å²) in [5, 5.41) is 9.75. The Labute approximate surface area is 98.7 Å². The first-order valence-electron chi connectivity index (χ1n) is 4.89. The van der Waals surface area contributed by atoms with E-state index in [1.54, 1.807) is 0 Å². The fourth-order valence-electron chi connectivity index (χ4n) is 1.41. The van der Waals surface area contributed by atoms with E-state index in [-0.39, 0.29) is 23.1 Å². The van der Waals surface area contributed by atoms with Gasteiger partial charge in [-0.05, 0) is 12.1 Å². The molecule has 0 aliphatic carbocycles. The minimum atomic E-state index is -1.04. The molecule has 0 fully saturated rings. The highest BCUT2D eigenvalue weighted by Crippen LogP contribution is 2.24. The zero-order chi connectivity index (χ0) is 12.5. The Morgan fingerprint density at radius 1 is 1.22 bits per heavy atom. The van der Waals surface area contributed by atoms with Crippen LogP contribution >= 0.6 is 0 Å². The summed E-state index contributed by atoms with van der Waals surface area (Å²) in [7, 11) is 0. The molecule has 0 atom stereocenters. The average molecular weight is 249 g/mol. The van der Waals surface area contributed by atoms with Crippen LogP contribution in [0.25, 0.3) is 23.1 Å². The zero-order valence-electron chi connectivity index (χ0n) is 8.76. The molecule has 90 valence electrons. The summed E-state index contributed by atoms with van der Waals surface area (Å²) in [6, 6.07) is 3.70. The minimum absolute atomic E-state index is 0.103. The lowest BCUT2D eigenvalue weighted by Gasteiger charge is -1.96. The maximum atomic E-state index is 13.5. The molecule has 3 rings (SSSR count). The third-order valence-electron chi connectivity index (χ3n) is 2.23. The topological polar surface area (TPSA) is 80.5 Å². The van der Waals surface area contributed by atoms with Crippen molar-refractivity contribution in [1.29, 1.82) is 0 Å². The quantitative estimate of drug-likeness (QED) is 0.748. The van der Waals surface area contributed by atoms with E-state index in [0.29, 0.717) is 0 Å². The van der Waals surface area contributed by atoms with Gasteiger partial charge in [0.2, 0.25) is 5.82 Å². The molecule has 1 aromatic carbocycles. The van der Waals surface area contributed by atoms with Crippen molar-refractivity contribution in [2.24, 2.45) is 0 Å². The van der Waals surface area contributed by atoms with Gasteiger partial charge in [0.05, 0.1) is 5.56 Å². The van der Waals surface area contributed by atoms with Crippen molar-refractivity contribution in [2.45, 2.75) is 0 Å². The first-order chi connectivity index (χ1) is 8.75. The highest BCUT2D eigenvalue weighted by molar-refractivity contribution is 5.56. The molecule has 0 aliphatic rings. The molecule has 0 aliphatic heterocycles. The van der Waals surface area contributed by atoms with E-state index in [0.717, 1.165) is 6.07 Å². The Morgan fingerprint density at radius 3 is 2.89 bits per heavy atom. The monoisotopic (exact) mass is 249 g/mol. The van der Waals surface area contributed by atoms with Gasteiger partial charge in [0.25, 0.3) is 5.89 Å². The lowest BCUT2D eigenvalue weighted by Crippen LogP contribution is -1.89. The van der Waals surface area contributed by atoms with Crippen molar-refractivity contribution in [3.05, 3.63) is 36.2 Å². The van der Waals surface area contributed by atoms with Gasteiger partial charge in [-0.1, -0.05) is 11.2 Å². The van der Waals surface area contributed by atoms with E-state index >= 15 is 0 Å². The summed E-state index contributed by atoms with van der Waals surface area (Å²) in [4.78, 5) is 7.72.